The summed E-state index contributed by atoms with van der Waals surface area (Å²) in [6, 6.07) is 14.3. The number of hydrogen-bond donors (Lipinski definition) is 0. The largest absolute Gasteiger partial charge is 0.493 e. The Morgan fingerprint density at radius 2 is 1.70 bits per heavy atom. The number of hydrogen-bond acceptors (Lipinski definition) is 6. The third-order valence-corrected chi connectivity index (χ3v) is 5.82. The van der Waals surface area contributed by atoms with Gasteiger partial charge in [-0.3, -0.25) is 4.90 Å². The number of aromatic nitrogens is 2. The maximum Gasteiger partial charge on any atom is 0.280 e. The zero-order chi connectivity index (χ0) is 23.4. The molecule has 6 nitrogen and oxygen atoms in total. The van der Waals surface area contributed by atoms with Crippen molar-refractivity contribution in [2.24, 2.45) is 0 Å². The molecule has 0 saturated carbocycles. The van der Waals surface area contributed by atoms with E-state index in [0.717, 1.165) is 25.2 Å². The highest BCUT2D eigenvalue weighted by Crippen LogP contribution is 2.33. The molecule has 0 radical (unpaired) electrons. The normalized spacial score (nSPS) is 14.5. The molecular weight excluding hydrogens is 450 g/mol. The minimum absolute atomic E-state index is 0.300. The van der Waals surface area contributed by atoms with Crippen molar-refractivity contribution < 1.29 is 18.3 Å². The van der Waals surface area contributed by atoms with E-state index >= 15 is 0 Å². The van der Waals surface area contributed by atoms with E-state index in [1.807, 2.05) is 29.2 Å². The van der Waals surface area contributed by atoms with Crippen molar-refractivity contribution in [3.8, 4) is 22.8 Å². The molecule has 1 fully saturated rings. The Morgan fingerprint density at radius 3 is 2.36 bits per heavy atom. The van der Waals surface area contributed by atoms with Gasteiger partial charge in [-0.2, -0.15) is 0 Å². The third kappa shape index (κ3) is 5.51. The Kier molecular flexibility index (Phi) is 7.25. The van der Waals surface area contributed by atoms with Crippen molar-refractivity contribution >= 4 is 17.5 Å². The molecule has 1 aliphatic rings. The number of piperazine rings is 1. The second kappa shape index (κ2) is 10.3. The second-order valence-electron chi connectivity index (χ2n) is 7.74. The summed E-state index contributed by atoms with van der Waals surface area (Å²) >= 11 is 6.09. The van der Waals surface area contributed by atoms with Gasteiger partial charge < -0.3 is 14.4 Å². The first kappa shape index (κ1) is 23.2. The first-order valence-corrected chi connectivity index (χ1v) is 11.0. The van der Waals surface area contributed by atoms with Crippen LogP contribution in [-0.4, -0.2) is 55.3 Å². The lowest BCUT2D eigenvalue weighted by Gasteiger charge is -2.35. The van der Waals surface area contributed by atoms with Crippen LogP contribution in [0, 0.1) is 0 Å². The average molecular weight is 475 g/mol. The highest BCUT2D eigenvalue weighted by molar-refractivity contribution is 6.30. The van der Waals surface area contributed by atoms with Crippen LogP contribution in [0.25, 0.3) is 11.3 Å². The highest BCUT2D eigenvalue weighted by Gasteiger charge is 2.22. The minimum atomic E-state index is -2.70. The Hall–Kier alpha value is -2.97. The van der Waals surface area contributed by atoms with Crippen LogP contribution in [0.2, 0.25) is 5.02 Å². The summed E-state index contributed by atoms with van der Waals surface area (Å²) in [6.07, 6.45) is -2.70. The van der Waals surface area contributed by atoms with Gasteiger partial charge in [0.25, 0.3) is 6.43 Å². The van der Waals surface area contributed by atoms with Crippen LogP contribution in [0.5, 0.6) is 11.5 Å². The van der Waals surface area contributed by atoms with Crippen LogP contribution in [0.15, 0.2) is 48.5 Å². The standard InChI is InChI=1S/C24H25ClF2N4O2/c1-32-21-7-6-17(13-22(21)33-2)19-14-20(23(26)27)29-24(28-19)31-10-8-30(9-11-31)15-16-4-3-5-18(25)12-16/h3-7,12-14,23H,8-11,15H2,1-2H3. The van der Waals surface area contributed by atoms with E-state index in [1.165, 1.54) is 13.2 Å². The van der Waals surface area contributed by atoms with Crippen molar-refractivity contribution in [2.75, 3.05) is 45.3 Å². The topological polar surface area (TPSA) is 50.7 Å². The lowest BCUT2D eigenvalue weighted by Crippen LogP contribution is -2.46. The SMILES string of the molecule is COc1ccc(-c2cc(C(F)F)nc(N3CCN(Cc4cccc(Cl)c4)CC3)n2)cc1OC. The molecule has 3 aromatic rings. The summed E-state index contributed by atoms with van der Waals surface area (Å²) in [5, 5.41) is 0.714. The number of rotatable bonds is 7. The number of benzene rings is 2. The van der Waals surface area contributed by atoms with E-state index in [4.69, 9.17) is 21.1 Å². The molecule has 4 rings (SSSR count). The monoisotopic (exact) mass is 474 g/mol. The van der Waals surface area contributed by atoms with Gasteiger partial charge in [0.2, 0.25) is 5.95 Å². The van der Waals surface area contributed by atoms with Crippen LogP contribution in [0.1, 0.15) is 17.7 Å². The van der Waals surface area contributed by atoms with Crippen molar-refractivity contribution in [1.82, 2.24) is 14.9 Å². The predicted molar refractivity (Wildman–Crippen MR) is 124 cm³/mol. The summed E-state index contributed by atoms with van der Waals surface area (Å²) in [5.74, 6) is 1.36. The molecule has 0 bridgehead atoms. The molecule has 174 valence electrons. The fraction of sp³-hybridized carbons (Fsp3) is 0.333. The fourth-order valence-corrected chi connectivity index (χ4v) is 4.06. The lowest BCUT2D eigenvalue weighted by atomic mass is 10.1. The van der Waals surface area contributed by atoms with Gasteiger partial charge in [-0.1, -0.05) is 23.7 Å². The van der Waals surface area contributed by atoms with Gasteiger partial charge >= 0.3 is 0 Å². The maximum atomic E-state index is 13.6. The summed E-state index contributed by atoms with van der Waals surface area (Å²) < 4.78 is 37.9. The van der Waals surface area contributed by atoms with Gasteiger partial charge in [-0.15, -0.1) is 0 Å². The first-order valence-electron chi connectivity index (χ1n) is 10.6. The Morgan fingerprint density at radius 1 is 0.939 bits per heavy atom. The molecule has 0 atom stereocenters. The fourth-order valence-electron chi connectivity index (χ4n) is 3.85. The van der Waals surface area contributed by atoms with Gasteiger partial charge in [0.15, 0.2) is 11.5 Å². The smallest absolute Gasteiger partial charge is 0.280 e. The van der Waals surface area contributed by atoms with Crippen LogP contribution in [0.3, 0.4) is 0 Å². The molecule has 0 spiro atoms. The van der Waals surface area contributed by atoms with E-state index in [0.29, 0.717) is 46.8 Å². The zero-order valence-electron chi connectivity index (χ0n) is 18.5. The molecule has 0 aliphatic carbocycles. The van der Waals surface area contributed by atoms with Gasteiger partial charge in [-0.05, 0) is 42.0 Å². The molecule has 2 aromatic carbocycles. The van der Waals surface area contributed by atoms with Crippen molar-refractivity contribution in [3.63, 3.8) is 0 Å². The molecule has 0 unspecified atom stereocenters. The van der Waals surface area contributed by atoms with Crippen LogP contribution in [0.4, 0.5) is 14.7 Å². The van der Waals surface area contributed by atoms with E-state index in [1.54, 1.807) is 25.3 Å². The number of halogens is 3. The molecule has 33 heavy (non-hydrogen) atoms. The van der Waals surface area contributed by atoms with E-state index in [2.05, 4.69) is 14.9 Å². The first-order chi connectivity index (χ1) is 16.0. The second-order valence-corrected chi connectivity index (χ2v) is 8.18. The number of nitrogens with zero attached hydrogens (tertiary/aromatic N) is 4. The van der Waals surface area contributed by atoms with Gasteiger partial charge in [0.1, 0.15) is 5.69 Å². The predicted octanol–water partition coefficient (Wildman–Crippen LogP) is 5.07. The summed E-state index contributed by atoms with van der Waals surface area (Å²) in [5.41, 5.74) is 1.91. The maximum absolute atomic E-state index is 13.6. The molecule has 9 heteroatoms. The number of methoxy groups -OCH3 is 2. The van der Waals surface area contributed by atoms with Crippen LogP contribution < -0.4 is 14.4 Å². The molecule has 0 N–H and O–H groups in total. The van der Waals surface area contributed by atoms with Crippen molar-refractivity contribution in [1.29, 1.82) is 0 Å². The average Bonchev–Trinajstić information content (AvgIpc) is 2.83. The number of alkyl halides is 2. The molecule has 1 aliphatic heterocycles. The quantitative estimate of drug-likeness (QED) is 0.476. The molecule has 1 aromatic heterocycles. The third-order valence-electron chi connectivity index (χ3n) is 5.59. The summed E-state index contributed by atoms with van der Waals surface area (Å²) in [4.78, 5) is 13.0. The van der Waals surface area contributed by atoms with Crippen molar-refractivity contribution in [3.05, 3.63) is 64.8 Å². The molecule has 0 amide bonds. The number of anilines is 1. The summed E-state index contributed by atoms with van der Waals surface area (Å²) in [7, 11) is 3.07. The van der Waals surface area contributed by atoms with Crippen LogP contribution >= 0.6 is 11.6 Å². The van der Waals surface area contributed by atoms with Gasteiger partial charge in [-0.25, -0.2) is 18.7 Å². The highest BCUT2D eigenvalue weighted by atomic mass is 35.5. The minimum Gasteiger partial charge on any atom is -0.493 e. The molecular formula is C24H25ClF2N4O2. The lowest BCUT2D eigenvalue weighted by molar-refractivity contribution is 0.146. The Balaban J connectivity index is 1.54. The van der Waals surface area contributed by atoms with Crippen molar-refractivity contribution in [2.45, 2.75) is 13.0 Å². The zero-order valence-corrected chi connectivity index (χ0v) is 19.2. The van der Waals surface area contributed by atoms with E-state index in [9.17, 15) is 8.78 Å². The van der Waals surface area contributed by atoms with Gasteiger partial charge in [0, 0.05) is 43.3 Å². The van der Waals surface area contributed by atoms with Crippen LogP contribution in [-0.2, 0) is 6.54 Å². The molecule has 2 heterocycles. The van der Waals surface area contributed by atoms with E-state index < -0.39 is 6.43 Å². The Labute approximate surface area is 196 Å². The number of ether oxygens (including phenoxy) is 2. The Bertz CT molecular complexity index is 1110. The van der Waals surface area contributed by atoms with E-state index in [-0.39, 0.29) is 5.69 Å². The molecule has 1 saturated heterocycles. The summed E-state index contributed by atoms with van der Waals surface area (Å²) in [6.45, 7) is 3.58. The van der Waals surface area contributed by atoms with Gasteiger partial charge in [0.05, 0.1) is 19.9 Å².